The van der Waals surface area contributed by atoms with Crippen molar-refractivity contribution in [3.63, 3.8) is 0 Å². The third-order valence-corrected chi connectivity index (χ3v) is 8.19. The van der Waals surface area contributed by atoms with Gasteiger partial charge in [-0.05, 0) is 66.1 Å². The van der Waals surface area contributed by atoms with Crippen LogP contribution < -0.4 is 15.0 Å². The number of benzene rings is 4. The number of anilines is 2. The quantitative estimate of drug-likeness (QED) is 0.236. The van der Waals surface area contributed by atoms with Crippen molar-refractivity contribution in [2.24, 2.45) is 0 Å². The molecule has 0 radical (unpaired) electrons. The number of methoxy groups -OCH3 is 1. The number of para-hydroxylation sites is 2. The van der Waals surface area contributed by atoms with Crippen LogP contribution in [0.3, 0.4) is 0 Å². The van der Waals surface area contributed by atoms with Crippen LogP contribution in [0.1, 0.15) is 27.0 Å². The summed E-state index contributed by atoms with van der Waals surface area (Å²) < 4.78 is 5.54. The number of thioether (sulfide) groups is 1. The molecular formula is C33H35N3O2S. The minimum atomic E-state index is -0.0820. The Morgan fingerprint density at radius 3 is 2.26 bits per heavy atom. The number of nitrogens with zero attached hydrogens (tertiary/aromatic N) is 2. The zero-order chi connectivity index (χ0) is 27.0. The molecule has 4 aromatic rings. The third kappa shape index (κ3) is 7.02. The number of hydrogen-bond donors (Lipinski definition) is 1. The summed E-state index contributed by atoms with van der Waals surface area (Å²) in [5.74, 6) is 1.74. The zero-order valence-electron chi connectivity index (χ0n) is 22.6. The molecule has 1 heterocycles. The fraction of sp³-hybridized carbons (Fsp3) is 0.242. The molecule has 0 bridgehead atoms. The Balaban J connectivity index is 1.12. The molecule has 1 aliphatic rings. The number of piperazine rings is 1. The molecule has 1 amide bonds. The van der Waals surface area contributed by atoms with Gasteiger partial charge in [0.05, 0.1) is 12.8 Å². The maximum atomic E-state index is 12.9. The average Bonchev–Trinajstić information content (AvgIpc) is 2.98. The highest BCUT2D eigenvalue weighted by Gasteiger charge is 2.19. The third-order valence-electron chi connectivity index (χ3n) is 7.11. The van der Waals surface area contributed by atoms with Crippen molar-refractivity contribution >= 4 is 29.0 Å². The lowest BCUT2D eigenvalue weighted by molar-refractivity contribution is 0.102. The Kier molecular flexibility index (Phi) is 8.86. The number of rotatable bonds is 9. The first kappa shape index (κ1) is 26.9. The van der Waals surface area contributed by atoms with Gasteiger partial charge in [0.2, 0.25) is 0 Å². The molecule has 1 saturated heterocycles. The number of nitrogens with one attached hydrogen (secondary N) is 1. The summed E-state index contributed by atoms with van der Waals surface area (Å²) in [4.78, 5) is 19.0. The molecule has 5 nitrogen and oxygen atoms in total. The van der Waals surface area contributed by atoms with Gasteiger partial charge in [-0.1, -0.05) is 54.6 Å². The van der Waals surface area contributed by atoms with E-state index in [0.717, 1.165) is 61.2 Å². The molecule has 0 saturated carbocycles. The SMILES string of the molecule is COc1ccccc1N1CCN(Cc2ccc(C(=O)Nc3ccc(CSc4ccccc4)cc3C)cc2)CC1. The zero-order valence-corrected chi connectivity index (χ0v) is 23.4. The Labute approximate surface area is 235 Å². The number of amides is 1. The second kappa shape index (κ2) is 12.9. The topological polar surface area (TPSA) is 44.8 Å². The molecule has 5 rings (SSSR count). The van der Waals surface area contributed by atoms with Gasteiger partial charge in [-0.15, -0.1) is 11.8 Å². The van der Waals surface area contributed by atoms with Crippen LogP contribution in [0.15, 0.2) is 102 Å². The number of ether oxygens (including phenoxy) is 1. The summed E-state index contributed by atoms with van der Waals surface area (Å²) >= 11 is 1.81. The summed E-state index contributed by atoms with van der Waals surface area (Å²) in [6.45, 7) is 6.82. The molecular weight excluding hydrogens is 502 g/mol. The lowest BCUT2D eigenvalue weighted by Crippen LogP contribution is -2.46. The standard InChI is InChI=1S/C33H35N3O2S/c1-25-22-27(24-39-29-8-4-3-5-9-29)14-17-30(25)34-33(37)28-15-12-26(13-16-28)23-35-18-20-36(21-19-35)31-10-6-7-11-32(31)38-2/h3-17,22H,18-21,23-24H2,1-2H3,(H,34,37). The Hall–Kier alpha value is -3.74. The normalized spacial score (nSPS) is 13.7. The molecule has 1 N–H and O–H groups in total. The largest absolute Gasteiger partial charge is 0.495 e. The van der Waals surface area contributed by atoms with Crippen molar-refractivity contribution in [1.29, 1.82) is 0 Å². The molecule has 0 aromatic heterocycles. The van der Waals surface area contributed by atoms with Crippen LogP contribution in [0, 0.1) is 6.92 Å². The highest BCUT2D eigenvalue weighted by Crippen LogP contribution is 2.29. The number of aryl methyl sites for hydroxylation is 1. The van der Waals surface area contributed by atoms with Gasteiger partial charge in [0.25, 0.3) is 5.91 Å². The monoisotopic (exact) mass is 537 g/mol. The molecule has 0 spiro atoms. The highest BCUT2D eigenvalue weighted by molar-refractivity contribution is 7.98. The van der Waals surface area contributed by atoms with Gasteiger partial charge in [-0.3, -0.25) is 9.69 Å². The van der Waals surface area contributed by atoms with Crippen LogP contribution in [0.5, 0.6) is 5.75 Å². The fourth-order valence-corrected chi connectivity index (χ4v) is 5.75. The van der Waals surface area contributed by atoms with Crippen molar-refractivity contribution in [3.8, 4) is 5.75 Å². The number of carbonyl (C=O) groups is 1. The van der Waals surface area contributed by atoms with Gasteiger partial charge in [0.1, 0.15) is 5.75 Å². The fourth-order valence-electron chi connectivity index (χ4n) is 4.89. The first-order valence-electron chi connectivity index (χ1n) is 13.4. The minimum Gasteiger partial charge on any atom is -0.495 e. The smallest absolute Gasteiger partial charge is 0.255 e. The second-order valence-electron chi connectivity index (χ2n) is 9.84. The van der Waals surface area contributed by atoms with Crippen LogP contribution >= 0.6 is 11.8 Å². The van der Waals surface area contributed by atoms with E-state index >= 15 is 0 Å². The summed E-state index contributed by atoms with van der Waals surface area (Å²) in [6.07, 6.45) is 0. The molecule has 200 valence electrons. The van der Waals surface area contributed by atoms with Gasteiger partial charge in [0.15, 0.2) is 0 Å². The van der Waals surface area contributed by atoms with E-state index in [2.05, 4.69) is 75.8 Å². The molecule has 39 heavy (non-hydrogen) atoms. The highest BCUT2D eigenvalue weighted by atomic mass is 32.2. The van der Waals surface area contributed by atoms with Crippen molar-refractivity contribution < 1.29 is 9.53 Å². The van der Waals surface area contributed by atoms with Gasteiger partial charge in [0, 0.05) is 54.6 Å². The van der Waals surface area contributed by atoms with E-state index < -0.39 is 0 Å². The second-order valence-corrected chi connectivity index (χ2v) is 10.9. The molecule has 0 atom stereocenters. The van der Waals surface area contributed by atoms with Crippen LogP contribution in [0.4, 0.5) is 11.4 Å². The van der Waals surface area contributed by atoms with Gasteiger partial charge >= 0.3 is 0 Å². The minimum absolute atomic E-state index is 0.0820. The summed E-state index contributed by atoms with van der Waals surface area (Å²) in [5, 5.41) is 3.09. The van der Waals surface area contributed by atoms with Gasteiger partial charge in [-0.2, -0.15) is 0 Å². The first-order chi connectivity index (χ1) is 19.1. The predicted molar refractivity (Wildman–Crippen MR) is 162 cm³/mol. The van der Waals surface area contributed by atoms with E-state index in [0.29, 0.717) is 5.56 Å². The van der Waals surface area contributed by atoms with Crippen molar-refractivity contribution in [1.82, 2.24) is 4.90 Å². The molecule has 6 heteroatoms. The van der Waals surface area contributed by atoms with Crippen LogP contribution in [-0.2, 0) is 12.3 Å². The Bertz CT molecular complexity index is 1380. The van der Waals surface area contributed by atoms with Gasteiger partial charge in [-0.25, -0.2) is 0 Å². The van der Waals surface area contributed by atoms with Crippen LogP contribution in [0.2, 0.25) is 0 Å². The molecule has 1 fully saturated rings. The van der Waals surface area contributed by atoms with E-state index in [1.165, 1.54) is 16.0 Å². The summed E-state index contributed by atoms with van der Waals surface area (Å²) in [6, 6.07) is 32.9. The maximum Gasteiger partial charge on any atom is 0.255 e. The lowest BCUT2D eigenvalue weighted by atomic mass is 10.1. The van der Waals surface area contributed by atoms with E-state index in [-0.39, 0.29) is 5.91 Å². The van der Waals surface area contributed by atoms with Gasteiger partial charge < -0.3 is 15.0 Å². The van der Waals surface area contributed by atoms with Crippen LogP contribution in [-0.4, -0.2) is 44.1 Å². The number of carbonyl (C=O) groups excluding carboxylic acids is 1. The van der Waals surface area contributed by atoms with Crippen molar-refractivity contribution in [2.75, 3.05) is 43.5 Å². The van der Waals surface area contributed by atoms with Crippen LogP contribution in [0.25, 0.3) is 0 Å². The molecule has 4 aromatic carbocycles. The average molecular weight is 538 g/mol. The van der Waals surface area contributed by atoms with E-state index in [1.807, 2.05) is 55.1 Å². The van der Waals surface area contributed by atoms with E-state index in [9.17, 15) is 4.79 Å². The van der Waals surface area contributed by atoms with Crippen molar-refractivity contribution in [3.05, 3.63) is 119 Å². The van der Waals surface area contributed by atoms with Crippen molar-refractivity contribution in [2.45, 2.75) is 24.1 Å². The Morgan fingerprint density at radius 2 is 1.54 bits per heavy atom. The van der Waals surface area contributed by atoms with E-state index in [4.69, 9.17) is 4.74 Å². The Morgan fingerprint density at radius 1 is 0.846 bits per heavy atom. The first-order valence-corrected chi connectivity index (χ1v) is 14.4. The molecule has 0 aliphatic carbocycles. The molecule has 1 aliphatic heterocycles. The summed E-state index contributed by atoms with van der Waals surface area (Å²) in [7, 11) is 1.73. The maximum absolute atomic E-state index is 12.9. The molecule has 0 unspecified atom stereocenters. The number of hydrogen-bond acceptors (Lipinski definition) is 5. The lowest BCUT2D eigenvalue weighted by Gasteiger charge is -2.36. The predicted octanol–water partition coefficient (Wildman–Crippen LogP) is 6.87. The summed E-state index contributed by atoms with van der Waals surface area (Å²) in [5.41, 5.74) is 6.21. The van der Waals surface area contributed by atoms with E-state index in [1.54, 1.807) is 7.11 Å².